The van der Waals surface area contributed by atoms with Crippen molar-refractivity contribution >= 4 is 32.6 Å². The summed E-state index contributed by atoms with van der Waals surface area (Å²) in [5.41, 5.74) is 3.25. The Morgan fingerprint density at radius 3 is 2.68 bits per heavy atom. The Morgan fingerprint density at radius 1 is 1.16 bits per heavy atom. The SMILES string of the molecule is CCC1CCCCN1S(=O)(=O)c1ccc(NC(=O)Cc2coc3ccc(C)cc23)cc1. The lowest BCUT2D eigenvalue weighted by molar-refractivity contribution is -0.115. The first kappa shape index (κ1) is 21.6. The minimum atomic E-state index is -3.53. The van der Waals surface area contributed by atoms with Gasteiger partial charge in [0.1, 0.15) is 5.58 Å². The lowest BCUT2D eigenvalue weighted by atomic mass is 10.0. The zero-order valence-electron chi connectivity index (χ0n) is 17.9. The second-order valence-electron chi connectivity index (χ2n) is 8.18. The van der Waals surface area contributed by atoms with Crippen LogP contribution in [-0.2, 0) is 21.2 Å². The summed E-state index contributed by atoms with van der Waals surface area (Å²) in [6, 6.07) is 12.4. The molecule has 1 N–H and O–H groups in total. The number of hydrogen-bond acceptors (Lipinski definition) is 4. The van der Waals surface area contributed by atoms with E-state index < -0.39 is 10.0 Å². The molecule has 1 atom stereocenters. The van der Waals surface area contributed by atoms with Crippen molar-refractivity contribution in [1.29, 1.82) is 0 Å². The molecular formula is C24H28N2O4S. The van der Waals surface area contributed by atoms with E-state index in [1.807, 2.05) is 32.0 Å². The summed E-state index contributed by atoms with van der Waals surface area (Å²) in [5, 5.41) is 3.78. The van der Waals surface area contributed by atoms with Crippen LogP contribution in [-0.4, -0.2) is 31.2 Å². The van der Waals surface area contributed by atoms with Gasteiger partial charge in [0, 0.05) is 29.2 Å². The van der Waals surface area contributed by atoms with Crippen molar-refractivity contribution in [3.8, 4) is 0 Å². The van der Waals surface area contributed by atoms with Crippen molar-refractivity contribution < 1.29 is 17.6 Å². The third-order valence-electron chi connectivity index (χ3n) is 5.95. The number of carbonyl (C=O) groups excluding carboxylic acids is 1. The first-order valence-corrected chi connectivity index (χ1v) is 12.2. The van der Waals surface area contributed by atoms with Gasteiger partial charge in [0.2, 0.25) is 15.9 Å². The Labute approximate surface area is 183 Å². The van der Waals surface area contributed by atoms with Crippen molar-refractivity contribution in [1.82, 2.24) is 4.31 Å². The molecule has 2 heterocycles. The number of benzene rings is 2. The number of anilines is 1. The van der Waals surface area contributed by atoms with Gasteiger partial charge in [-0.15, -0.1) is 0 Å². The zero-order valence-corrected chi connectivity index (χ0v) is 18.7. The van der Waals surface area contributed by atoms with Gasteiger partial charge in [0.25, 0.3) is 0 Å². The minimum absolute atomic E-state index is 0.0616. The van der Waals surface area contributed by atoms with Gasteiger partial charge in [0.05, 0.1) is 17.6 Å². The lowest BCUT2D eigenvalue weighted by Crippen LogP contribution is -2.43. The highest BCUT2D eigenvalue weighted by atomic mass is 32.2. The number of nitrogens with zero attached hydrogens (tertiary/aromatic N) is 1. The summed E-state index contributed by atoms with van der Waals surface area (Å²) in [7, 11) is -3.53. The molecule has 1 amide bonds. The van der Waals surface area contributed by atoms with Crippen LogP contribution in [0.5, 0.6) is 0 Å². The number of carbonyl (C=O) groups is 1. The van der Waals surface area contributed by atoms with E-state index in [9.17, 15) is 13.2 Å². The Bertz CT molecular complexity index is 1180. The van der Waals surface area contributed by atoms with Crippen molar-refractivity contribution in [3.63, 3.8) is 0 Å². The second kappa shape index (κ2) is 8.85. The number of fused-ring (bicyclic) bond motifs is 1. The fraction of sp³-hybridized carbons (Fsp3) is 0.375. The standard InChI is InChI=1S/C24H28N2O4S/c1-3-20-6-4-5-13-26(20)31(28,29)21-10-8-19(9-11-21)25-24(27)15-18-16-30-23-12-7-17(2)14-22(18)23/h7-12,14,16,20H,3-6,13,15H2,1-2H3,(H,25,27). The maximum Gasteiger partial charge on any atom is 0.243 e. The van der Waals surface area contributed by atoms with E-state index in [1.165, 1.54) is 0 Å². The molecule has 0 bridgehead atoms. The molecule has 1 saturated heterocycles. The van der Waals surface area contributed by atoms with Crippen LogP contribution in [0.15, 0.2) is 58.0 Å². The highest BCUT2D eigenvalue weighted by molar-refractivity contribution is 7.89. The topological polar surface area (TPSA) is 79.6 Å². The molecule has 0 saturated carbocycles. The van der Waals surface area contributed by atoms with Crippen LogP contribution in [0.1, 0.15) is 43.7 Å². The normalized spacial score (nSPS) is 17.7. The molecule has 2 aromatic carbocycles. The summed E-state index contributed by atoms with van der Waals surface area (Å²) in [4.78, 5) is 12.8. The predicted molar refractivity (Wildman–Crippen MR) is 122 cm³/mol. The van der Waals surface area contributed by atoms with E-state index in [1.54, 1.807) is 34.8 Å². The summed E-state index contributed by atoms with van der Waals surface area (Å²) in [6.45, 7) is 4.59. The predicted octanol–water partition coefficient (Wildman–Crippen LogP) is 4.88. The lowest BCUT2D eigenvalue weighted by Gasteiger charge is -2.34. The summed E-state index contributed by atoms with van der Waals surface area (Å²) in [5.74, 6) is -0.179. The molecule has 0 aliphatic carbocycles. The minimum Gasteiger partial charge on any atom is -0.464 e. The molecule has 1 unspecified atom stereocenters. The molecular weight excluding hydrogens is 412 g/mol. The Balaban J connectivity index is 1.45. The highest BCUT2D eigenvalue weighted by Gasteiger charge is 2.32. The van der Waals surface area contributed by atoms with Crippen LogP contribution in [0.25, 0.3) is 11.0 Å². The molecule has 1 aromatic heterocycles. The van der Waals surface area contributed by atoms with Crippen LogP contribution >= 0.6 is 0 Å². The quantitative estimate of drug-likeness (QED) is 0.593. The maximum atomic E-state index is 13.1. The average molecular weight is 441 g/mol. The smallest absolute Gasteiger partial charge is 0.243 e. The number of piperidine rings is 1. The van der Waals surface area contributed by atoms with Crippen LogP contribution in [0.2, 0.25) is 0 Å². The first-order valence-electron chi connectivity index (χ1n) is 10.8. The number of hydrogen-bond donors (Lipinski definition) is 1. The van der Waals surface area contributed by atoms with Gasteiger partial charge >= 0.3 is 0 Å². The van der Waals surface area contributed by atoms with E-state index in [0.29, 0.717) is 12.2 Å². The first-order chi connectivity index (χ1) is 14.9. The van der Waals surface area contributed by atoms with E-state index >= 15 is 0 Å². The molecule has 0 spiro atoms. The Kier molecular flexibility index (Phi) is 6.16. The van der Waals surface area contributed by atoms with Gasteiger partial charge in [-0.2, -0.15) is 4.31 Å². The molecule has 1 aliphatic heterocycles. The molecule has 7 heteroatoms. The second-order valence-corrected chi connectivity index (χ2v) is 10.1. The molecule has 1 fully saturated rings. The molecule has 4 rings (SSSR count). The summed E-state index contributed by atoms with van der Waals surface area (Å²) in [6.07, 6.45) is 5.49. The summed E-state index contributed by atoms with van der Waals surface area (Å²) >= 11 is 0. The Hall–Kier alpha value is -2.64. The van der Waals surface area contributed by atoms with Crippen LogP contribution in [0.4, 0.5) is 5.69 Å². The van der Waals surface area contributed by atoms with Gasteiger partial charge in [-0.05, 0) is 62.6 Å². The van der Waals surface area contributed by atoms with E-state index in [4.69, 9.17) is 4.42 Å². The van der Waals surface area contributed by atoms with Crippen molar-refractivity contribution in [2.45, 2.75) is 56.9 Å². The third-order valence-corrected chi connectivity index (χ3v) is 7.92. The van der Waals surface area contributed by atoms with Gasteiger partial charge in [-0.1, -0.05) is 25.0 Å². The number of rotatable bonds is 6. The molecule has 164 valence electrons. The average Bonchev–Trinajstić information content (AvgIpc) is 3.15. The number of nitrogens with one attached hydrogen (secondary N) is 1. The largest absolute Gasteiger partial charge is 0.464 e. The van der Waals surface area contributed by atoms with Gasteiger partial charge in [-0.3, -0.25) is 4.79 Å². The number of furan rings is 1. The fourth-order valence-electron chi connectivity index (χ4n) is 4.25. The number of sulfonamides is 1. The molecule has 0 radical (unpaired) electrons. The van der Waals surface area contributed by atoms with Crippen LogP contribution < -0.4 is 5.32 Å². The highest BCUT2D eigenvalue weighted by Crippen LogP contribution is 2.28. The third kappa shape index (κ3) is 4.52. The van der Waals surface area contributed by atoms with Crippen molar-refractivity contribution in [2.75, 3.05) is 11.9 Å². The van der Waals surface area contributed by atoms with Gasteiger partial charge in [0.15, 0.2) is 0 Å². The number of amides is 1. The maximum absolute atomic E-state index is 13.1. The van der Waals surface area contributed by atoms with Crippen LogP contribution in [0, 0.1) is 6.92 Å². The van der Waals surface area contributed by atoms with E-state index in [-0.39, 0.29) is 23.3 Å². The monoisotopic (exact) mass is 440 g/mol. The van der Waals surface area contributed by atoms with E-state index in [0.717, 1.165) is 47.8 Å². The molecule has 1 aliphatic rings. The van der Waals surface area contributed by atoms with E-state index in [2.05, 4.69) is 5.32 Å². The van der Waals surface area contributed by atoms with Gasteiger partial charge < -0.3 is 9.73 Å². The zero-order chi connectivity index (χ0) is 22.0. The van der Waals surface area contributed by atoms with Gasteiger partial charge in [-0.25, -0.2) is 8.42 Å². The summed E-state index contributed by atoms with van der Waals surface area (Å²) < 4.78 is 33.3. The molecule has 3 aromatic rings. The van der Waals surface area contributed by atoms with Crippen LogP contribution in [0.3, 0.4) is 0 Å². The number of aryl methyl sites for hydroxylation is 1. The molecule has 6 nitrogen and oxygen atoms in total. The Morgan fingerprint density at radius 2 is 1.94 bits per heavy atom. The van der Waals surface area contributed by atoms with Crippen molar-refractivity contribution in [2.24, 2.45) is 0 Å². The van der Waals surface area contributed by atoms with Crippen molar-refractivity contribution in [3.05, 3.63) is 59.9 Å². The molecule has 31 heavy (non-hydrogen) atoms. The fourth-order valence-corrected chi connectivity index (χ4v) is 6.02.